The highest BCUT2D eigenvalue weighted by molar-refractivity contribution is 6.35. The summed E-state index contributed by atoms with van der Waals surface area (Å²) in [5, 5.41) is 13.2. The number of halogens is 2. The lowest BCUT2D eigenvalue weighted by Crippen LogP contribution is -2.36. The van der Waals surface area contributed by atoms with Crippen LogP contribution in [0.15, 0.2) is 24.4 Å². The van der Waals surface area contributed by atoms with Crippen LogP contribution >= 0.6 is 11.6 Å². The molecule has 1 atom stereocenters. The first-order valence-corrected chi connectivity index (χ1v) is 6.98. The molecule has 0 amide bonds. The summed E-state index contributed by atoms with van der Waals surface area (Å²) in [5.74, 6) is 0. The van der Waals surface area contributed by atoms with E-state index in [1.54, 1.807) is 18.2 Å². The molecule has 20 heavy (non-hydrogen) atoms. The maximum absolute atomic E-state index is 14.9. The molecule has 0 N–H and O–H groups in total. The molecule has 0 radical (unpaired) electrons. The van der Waals surface area contributed by atoms with E-state index < -0.39 is 5.67 Å². The summed E-state index contributed by atoms with van der Waals surface area (Å²) in [6.45, 7) is 2.42. The first-order valence-electron chi connectivity index (χ1n) is 6.60. The molecule has 0 aliphatic carbocycles. The molecule has 0 bridgehead atoms. The van der Waals surface area contributed by atoms with Crippen molar-refractivity contribution in [2.45, 2.75) is 25.4 Å². The van der Waals surface area contributed by atoms with Crippen LogP contribution in [0.5, 0.6) is 0 Å². The molecule has 3 rings (SSSR count). The lowest BCUT2D eigenvalue weighted by molar-refractivity contribution is -0.577. The second-order valence-electron chi connectivity index (χ2n) is 5.36. The molecular formula is C15H15ClFNO2. The molecule has 1 aromatic heterocycles. The van der Waals surface area contributed by atoms with Gasteiger partial charge in [0.05, 0.1) is 22.6 Å². The Labute approximate surface area is 121 Å². The standard InChI is InChI=1S/C15H15ClFNO2/c1-10-5-13(16)12-7-11(8-18(19)14(12)6-10)15(17)3-2-4-20-9-15/h5-8H,2-4,9H2,1H3. The Bertz CT molecular complexity index is 668. The Hall–Kier alpha value is -1.39. The second kappa shape index (κ2) is 4.86. The number of ether oxygens (including phenoxy) is 1. The van der Waals surface area contributed by atoms with Crippen LogP contribution in [0.25, 0.3) is 10.9 Å². The van der Waals surface area contributed by atoms with Crippen LogP contribution in [0.2, 0.25) is 5.02 Å². The van der Waals surface area contributed by atoms with E-state index >= 15 is 0 Å². The van der Waals surface area contributed by atoms with Gasteiger partial charge in [0.15, 0.2) is 11.9 Å². The van der Waals surface area contributed by atoms with E-state index in [4.69, 9.17) is 16.3 Å². The van der Waals surface area contributed by atoms with Gasteiger partial charge < -0.3 is 9.94 Å². The average molecular weight is 296 g/mol. The fraction of sp³-hybridized carbons (Fsp3) is 0.400. The van der Waals surface area contributed by atoms with Crippen LogP contribution in [0.3, 0.4) is 0 Å². The minimum Gasteiger partial charge on any atom is -0.618 e. The van der Waals surface area contributed by atoms with Crippen molar-refractivity contribution in [3.8, 4) is 0 Å². The number of aryl methyl sites for hydroxylation is 1. The predicted molar refractivity (Wildman–Crippen MR) is 75.5 cm³/mol. The summed E-state index contributed by atoms with van der Waals surface area (Å²) in [5.41, 5.74) is 0.0904. The zero-order valence-corrected chi connectivity index (χ0v) is 11.9. The Morgan fingerprint density at radius 2 is 2.20 bits per heavy atom. The molecule has 1 saturated heterocycles. The van der Waals surface area contributed by atoms with E-state index in [0.29, 0.717) is 45.7 Å². The maximum atomic E-state index is 14.9. The van der Waals surface area contributed by atoms with E-state index in [1.807, 2.05) is 6.92 Å². The van der Waals surface area contributed by atoms with Gasteiger partial charge in [-0.2, -0.15) is 4.73 Å². The van der Waals surface area contributed by atoms with Crippen molar-refractivity contribution in [3.63, 3.8) is 0 Å². The Morgan fingerprint density at radius 3 is 2.90 bits per heavy atom. The molecule has 1 unspecified atom stereocenters. The van der Waals surface area contributed by atoms with Crippen LogP contribution in [0, 0.1) is 12.1 Å². The lowest BCUT2D eigenvalue weighted by Gasteiger charge is -2.29. The minimum atomic E-state index is -1.60. The third-order valence-corrected chi connectivity index (χ3v) is 4.07. The molecule has 0 saturated carbocycles. The topological polar surface area (TPSA) is 36.2 Å². The van der Waals surface area contributed by atoms with Gasteiger partial charge in [0.1, 0.15) is 0 Å². The molecule has 5 heteroatoms. The largest absolute Gasteiger partial charge is 0.618 e. The van der Waals surface area contributed by atoms with Crippen molar-refractivity contribution in [2.75, 3.05) is 13.2 Å². The zero-order valence-electron chi connectivity index (χ0n) is 11.2. The normalized spacial score (nSPS) is 23.1. The van der Waals surface area contributed by atoms with E-state index in [0.717, 1.165) is 5.56 Å². The Morgan fingerprint density at radius 1 is 1.40 bits per heavy atom. The highest BCUT2D eigenvalue weighted by Gasteiger charge is 2.37. The summed E-state index contributed by atoms with van der Waals surface area (Å²) < 4.78 is 20.8. The molecule has 0 spiro atoms. The summed E-state index contributed by atoms with van der Waals surface area (Å²) >= 11 is 6.18. The van der Waals surface area contributed by atoms with Gasteiger partial charge >= 0.3 is 0 Å². The smallest absolute Gasteiger partial charge is 0.225 e. The van der Waals surface area contributed by atoms with E-state index in [2.05, 4.69) is 0 Å². The first-order chi connectivity index (χ1) is 9.49. The molecule has 2 heterocycles. The minimum absolute atomic E-state index is 0.0119. The number of alkyl halides is 1. The van der Waals surface area contributed by atoms with Crippen LogP contribution in [-0.4, -0.2) is 13.2 Å². The van der Waals surface area contributed by atoms with Crippen LogP contribution in [0.1, 0.15) is 24.0 Å². The van der Waals surface area contributed by atoms with Crippen molar-refractivity contribution < 1.29 is 13.9 Å². The summed E-state index contributed by atoms with van der Waals surface area (Å²) in [6.07, 6.45) is 2.31. The van der Waals surface area contributed by atoms with Crippen molar-refractivity contribution in [1.82, 2.24) is 0 Å². The van der Waals surface area contributed by atoms with Crippen molar-refractivity contribution in [1.29, 1.82) is 0 Å². The molecule has 1 aromatic carbocycles. The number of hydrogen-bond donors (Lipinski definition) is 0. The molecular weight excluding hydrogens is 281 g/mol. The number of fused-ring (bicyclic) bond motifs is 1. The highest BCUT2D eigenvalue weighted by atomic mass is 35.5. The maximum Gasteiger partial charge on any atom is 0.225 e. The average Bonchev–Trinajstić information content (AvgIpc) is 2.40. The number of aromatic nitrogens is 1. The van der Waals surface area contributed by atoms with Gasteiger partial charge in [-0.05, 0) is 37.5 Å². The number of pyridine rings is 1. The molecule has 1 aliphatic heterocycles. The summed E-state index contributed by atoms with van der Waals surface area (Å²) in [4.78, 5) is 0. The van der Waals surface area contributed by atoms with E-state index in [1.165, 1.54) is 6.20 Å². The van der Waals surface area contributed by atoms with Crippen LogP contribution in [0.4, 0.5) is 4.39 Å². The van der Waals surface area contributed by atoms with E-state index in [9.17, 15) is 9.60 Å². The highest BCUT2D eigenvalue weighted by Crippen LogP contribution is 2.36. The first kappa shape index (κ1) is 13.6. The fourth-order valence-corrected chi connectivity index (χ4v) is 3.01. The second-order valence-corrected chi connectivity index (χ2v) is 5.76. The third-order valence-electron chi connectivity index (χ3n) is 3.76. The number of rotatable bonds is 1. The monoisotopic (exact) mass is 295 g/mol. The van der Waals surface area contributed by atoms with Crippen LogP contribution in [-0.2, 0) is 10.4 Å². The fourth-order valence-electron chi connectivity index (χ4n) is 2.68. The summed E-state index contributed by atoms with van der Waals surface area (Å²) in [7, 11) is 0. The zero-order chi connectivity index (χ0) is 14.3. The van der Waals surface area contributed by atoms with Crippen LogP contribution < -0.4 is 4.73 Å². The van der Waals surface area contributed by atoms with Gasteiger partial charge in [-0.1, -0.05) is 11.6 Å². The number of hydrogen-bond acceptors (Lipinski definition) is 2. The van der Waals surface area contributed by atoms with Gasteiger partial charge in [0.2, 0.25) is 5.52 Å². The summed E-state index contributed by atoms with van der Waals surface area (Å²) in [6, 6.07) is 5.19. The molecule has 3 nitrogen and oxygen atoms in total. The Balaban J connectivity index is 2.19. The number of benzene rings is 1. The molecule has 1 aliphatic rings. The van der Waals surface area contributed by atoms with Gasteiger partial charge in [0.25, 0.3) is 0 Å². The van der Waals surface area contributed by atoms with Gasteiger partial charge in [-0.25, -0.2) is 4.39 Å². The van der Waals surface area contributed by atoms with Gasteiger partial charge in [0, 0.05) is 12.7 Å². The van der Waals surface area contributed by atoms with E-state index in [-0.39, 0.29) is 6.61 Å². The lowest BCUT2D eigenvalue weighted by atomic mass is 9.90. The predicted octanol–water partition coefficient (Wildman–Crippen LogP) is 3.41. The molecule has 1 fully saturated rings. The van der Waals surface area contributed by atoms with Crippen molar-refractivity contribution in [2.24, 2.45) is 0 Å². The van der Waals surface area contributed by atoms with Gasteiger partial charge in [-0.3, -0.25) is 0 Å². The third kappa shape index (κ3) is 2.23. The quantitative estimate of drug-likeness (QED) is 0.597. The SMILES string of the molecule is Cc1cc(Cl)c2cc(C3(F)CCCOC3)c[n+]([O-])c2c1. The number of nitrogens with zero attached hydrogens (tertiary/aromatic N) is 1. The van der Waals surface area contributed by atoms with Crippen molar-refractivity contribution >= 4 is 22.5 Å². The Kier molecular flexibility index (Phi) is 3.30. The van der Waals surface area contributed by atoms with Gasteiger partial charge in [-0.15, -0.1) is 0 Å². The molecule has 2 aromatic rings. The van der Waals surface area contributed by atoms with Crippen molar-refractivity contribution in [3.05, 3.63) is 45.8 Å². The molecule has 106 valence electrons.